The molecular weight excluding hydrogens is 535 g/mol. The molecule has 1 aliphatic carbocycles. The van der Waals surface area contributed by atoms with Crippen LogP contribution in [0.15, 0.2) is 57.5 Å². The zero-order valence-corrected chi connectivity index (χ0v) is 22.5. The first-order valence-corrected chi connectivity index (χ1v) is 14.0. The Labute approximate surface area is 226 Å². The molecule has 2 heterocycles. The number of aromatic nitrogens is 2. The Morgan fingerprint density at radius 1 is 1.17 bits per heavy atom. The molecular formula is C26H22Cl2N4O2S2. The standard InChI is InChI=1S/C26H22Cl2N4O2S2/c1-15-6-9-17(10-7-15)32-25(34)23-18-4-2-3-5-21(18)36-24(23)30-26(32)35-14-22(33)31-29-13-16-8-11-19(27)20(28)12-16/h6-13H,2-5,14H2,1H3,(H,31,33)/b29-13+. The summed E-state index contributed by atoms with van der Waals surface area (Å²) in [6.07, 6.45) is 5.61. The number of rotatable bonds is 6. The van der Waals surface area contributed by atoms with Gasteiger partial charge in [-0.25, -0.2) is 10.4 Å². The van der Waals surface area contributed by atoms with Crippen LogP contribution in [0.3, 0.4) is 0 Å². The van der Waals surface area contributed by atoms with E-state index in [2.05, 4.69) is 10.5 Å². The molecule has 0 saturated heterocycles. The minimum atomic E-state index is -0.313. The molecule has 5 rings (SSSR count). The van der Waals surface area contributed by atoms with Crippen LogP contribution in [0.5, 0.6) is 0 Å². The molecule has 0 aliphatic heterocycles. The Kier molecular flexibility index (Phi) is 7.48. The summed E-state index contributed by atoms with van der Waals surface area (Å²) in [6, 6.07) is 12.8. The maximum Gasteiger partial charge on any atom is 0.267 e. The number of amides is 1. The van der Waals surface area contributed by atoms with Crippen LogP contribution in [0.4, 0.5) is 0 Å². The number of fused-ring (bicyclic) bond motifs is 3. The van der Waals surface area contributed by atoms with Gasteiger partial charge in [-0.05, 0) is 68.0 Å². The lowest BCUT2D eigenvalue weighted by Crippen LogP contribution is -2.24. The number of hydrogen-bond acceptors (Lipinski definition) is 6. The van der Waals surface area contributed by atoms with E-state index in [1.54, 1.807) is 34.1 Å². The third-order valence-electron chi connectivity index (χ3n) is 5.93. The summed E-state index contributed by atoms with van der Waals surface area (Å²) in [5.74, 6) is -0.264. The fourth-order valence-corrected chi connectivity index (χ4v) is 6.55. The molecule has 36 heavy (non-hydrogen) atoms. The average molecular weight is 558 g/mol. The van der Waals surface area contributed by atoms with Gasteiger partial charge in [0.15, 0.2) is 5.16 Å². The van der Waals surface area contributed by atoms with Crippen molar-refractivity contribution in [3.63, 3.8) is 0 Å². The van der Waals surface area contributed by atoms with E-state index in [1.807, 2.05) is 31.2 Å². The second kappa shape index (κ2) is 10.8. The van der Waals surface area contributed by atoms with Gasteiger partial charge in [-0.2, -0.15) is 5.10 Å². The SMILES string of the molecule is Cc1ccc(-n2c(SCC(=O)N/N=C/c3ccc(Cl)c(Cl)c3)nc3sc4c(c3c2=O)CCCC4)cc1. The number of halogens is 2. The van der Waals surface area contributed by atoms with E-state index in [1.165, 1.54) is 22.9 Å². The largest absolute Gasteiger partial charge is 0.272 e. The first-order chi connectivity index (χ1) is 17.4. The van der Waals surface area contributed by atoms with Crippen molar-refractivity contribution in [3.05, 3.63) is 84.4 Å². The van der Waals surface area contributed by atoms with E-state index >= 15 is 0 Å². The normalized spacial score (nSPS) is 13.3. The third kappa shape index (κ3) is 5.22. The lowest BCUT2D eigenvalue weighted by molar-refractivity contribution is -0.118. The molecule has 6 nitrogen and oxygen atoms in total. The molecule has 1 N–H and O–H groups in total. The fraction of sp³-hybridized carbons (Fsp3) is 0.231. The molecule has 0 bridgehead atoms. The maximum absolute atomic E-state index is 13.8. The minimum absolute atomic E-state index is 0.0492. The van der Waals surface area contributed by atoms with Crippen LogP contribution < -0.4 is 11.0 Å². The molecule has 0 spiro atoms. The van der Waals surface area contributed by atoms with Gasteiger partial charge >= 0.3 is 0 Å². The summed E-state index contributed by atoms with van der Waals surface area (Å²) < 4.78 is 1.63. The summed E-state index contributed by atoms with van der Waals surface area (Å²) in [7, 11) is 0. The summed E-state index contributed by atoms with van der Waals surface area (Å²) in [5.41, 5.74) is 6.12. The highest BCUT2D eigenvalue weighted by Crippen LogP contribution is 2.35. The molecule has 0 saturated carbocycles. The molecule has 184 valence electrons. The van der Waals surface area contributed by atoms with Crippen molar-refractivity contribution in [1.29, 1.82) is 0 Å². The van der Waals surface area contributed by atoms with Crippen molar-refractivity contribution in [3.8, 4) is 5.69 Å². The molecule has 0 radical (unpaired) electrons. The number of benzene rings is 2. The van der Waals surface area contributed by atoms with Gasteiger partial charge in [0.2, 0.25) is 0 Å². The monoisotopic (exact) mass is 556 g/mol. The second-order valence-electron chi connectivity index (χ2n) is 8.52. The molecule has 0 fully saturated rings. The highest BCUT2D eigenvalue weighted by molar-refractivity contribution is 7.99. The number of hydrazone groups is 1. The summed E-state index contributed by atoms with van der Waals surface area (Å²) in [5, 5.41) is 6.06. The van der Waals surface area contributed by atoms with Crippen LogP contribution in [-0.4, -0.2) is 27.4 Å². The fourth-order valence-electron chi connectivity index (χ4n) is 4.14. The van der Waals surface area contributed by atoms with E-state index in [0.29, 0.717) is 20.8 Å². The number of carbonyl (C=O) groups excluding carboxylic acids is 1. The summed E-state index contributed by atoms with van der Waals surface area (Å²) in [6.45, 7) is 2.00. The topological polar surface area (TPSA) is 76.3 Å². The number of nitrogens with one attached hydrogen (secondary N) is 1. The number of thiophene rings is 1. The number of carbonyl (C=O) groups is 1. The Morgan fingerprint density at radius 2 is 1.94 bits per heavy atom. The predicted octanol–water partition coefficient (Wildman–Crippen LogP) is 6.18. The van der Waals surface area contributed by atoms with Crippen molar-refractivity contribution in [1.82, 2.24) is 15.0 Å². The highest BCUT2D eigenvalue weighted by Gasteiger charge is 2.23. The van der Waals surface area contributed by atoms with E-state index < -0.39 is 0 Å². The van der Waals surface area contributed by atoms with E-state index in [9.17, 15) is 9.59 Å². The number of hydrogen-bond donors (Lipinski definition) is 1. The van der Waals surface area contributed by atoms with Crippen molar-refractivity contribution < 1.29 is 4.79 Å². The number of aryl methyl sites for hydroxylation is 3. The Bertz CT molecular complexity index is 1540. The Balaban J connectivity index is 1.41. The van der Waals surface area contributed by atoms with Gasteiger partial charge in [-0.15, -0.1) is 11.3 Å². The van der Waals surface area contributed by atoms with Crippen molar-refractivity contribution in [2.24, 2.45) is 5.10 Å². The maximum atomic E-state index is 13.8. The first-order valence-electron chi connectivity index (χ1n) is 11.4. The summed E-state index contributed by atoms with van der Waals surface area (Å²) >= 11 is 14.8. The molecule has 2 aromatic heterocycles. The molecule has 4 aromatic rings. The Hall–Kier alpha value is -2.65. The third-order valence-corrected chi connectivity index (χ3v) is 8.79. The van der Waals surface area contributed by atoms with Crippen LogP contribution in [0.2, 0.25) is 10.0 Å². The van der Waals surface area contributed by atoms with E-state index in [4.69, 9.17) is 28.2 Å². The minimum Gasteiger partial charge on any atom is -0.272 e. The second-order valence-corrected chi connectivity index (χ2v) is 11.4. The lowest BCUT2D eigenvalue weighted by atomic mass is 9.97. The molecule has 2 aromatic carbocycles. The zero-order chi connectivity index (χ0) is 25.2. The van der Waals surface area contributed by atoms with Crippen LogP contribution in [0.25, 0.3) is 15.9 Å². The smallest absolute Gasteiger partial charge is 0.267 e. The van der Waals surface area contributed by atoms with Gasteiger partial charge in [0.25, 0.3) is 11.5 Å². The molecule has 1 amide bonds. The van der Waals surface area contributed by atoms with Crippen LogP contribution in [0, 0.1) is 6.92 Å². The van der Waals surface area contributed by atoms with Gasteiger partial charge < -0.3 is 0 Å². The quantitative estimate of drug-likeness (QED) is 0.133. The number of nitrogens with zero attached hydrogens (tertiary/aromatic N) is 3. The molecule has 1 aliphatic rings. The predicted molar refractivity (Wildman–Crippen MR) is 150 cm³/mol. The highest BCUT2D eigenvalue weighted by atomic mass is 35.5. The average Bonchev–Trinajstić information content (AvgIpc) is 3.24. The van der Waals surface area contributed by atoms with Gasteiger partial charge in [-0.1, -0.05) is 58.7 Å². The van der Waals surface area contributed by atoms with Gasteiger partial charge in [0.05, 0.1) is 33.1 Å². The number of thioether (sulfide) groups is 1. The van der Waals surface area contributed by atoms with E-state index in [0.717, 1.165) is 52.7 Å². The van der Waals surface area contributed by atoms with Crippen molar-refractivity contribution in [2.75, 3.05) is 5.75 Å². The van der Waals surface area contributed by atoms with Crippen LogP contribution in [0.1, 0.15) is 34.4 Å². The lowest BCUT2D eigenvalue weighted by Gasteiger charge is -2.13. The van der Waals surface area contributed by atoms with Crippen molar-refractivity contribution >= 4 is 68.6 Å². The molecule has 0 unspecified atom stereocenters. The first kappa shape index (κ1) is 25.0. The van der Waals surface area contributed by atoms with Gasteiger partial charge in [-0.3, -0.25) is 14.2 Å². The van der Waals surface area contributed by atoms with E-state index in [-0.39, 0.29) is 17.2 Å². The van der Waals surface area contributed by atoms with Crippen LogP contribution >= 0.6 is 46.3 Å². The molecule has 10 heteroatoms. The zero-order valence-electron chi connectivity index (χ0n) is 19.4. The van der Waals surface area contributed by atoms with Gasteiger partial charge in [0, 0.05) is 4.88 Å². The molecule has 0 atom stereocenters. The summed E-state index contributed by atoms with van der Waals surface area (Å²) in [4.78, 5) is 33.1. The van der Waals surface area contributed by atoms with Crippen LogP contribution in [-0.2, 0) is 17.6 Å². The Morgan fingerprint density at radius 3 is 2.72 bits per heavy atom. The van der Waals surface area contributed by atoms with Crippen molar-refractivity contribution in [2.45, 2.75) is 37.8 Å². The van der Waals surface area contributed by atoms with Gasteiger partial charge in [0.1, 0.15) is 4.83 Å².